The number of para-hydroxylation sites is 1. The van der Waals surface area contributed by atoms with E-state index in [1.54, 1.807) is 19.3 Å². The molecule has 1 atom stereocenters. The Morgan fingerprint density at radius 1 is 0.967 bits per heavy atom. The molecule has 2 aromatic carbocycles. The summed E-state index contributed by atoms with van der Waals surface area (Å²) >= 11 is 0. The van der Waals surface area contributed by atoms with Crippen LogP contribution in [0.5, 0.6) is 5.88 Å². The molecule has 6 heteroatoms. The average molecular weight is 398 g/mol. The number of fused-ring (bicyclic) bond motifs is 1. The Bertz CT molecular complexity index is 1170. The van der Waals surface area contributed by atoms with Crippen LogP contribution in [0.3, 0.4) is 0 Å². The zero-order chi connectivity index (χ0) is 20.5. The molecule has 2 aromatic heterocycles. The first-order valence-electron chi connectivity index (χ1n) is 10.0. The van der Waals surface area contributed by atoms with Crippen LogP contribution < -0.4 is 9.64 Å². The molecule has 30 heavy (non-hydrogen) atoms. The van der Waals surface area contributed by atoms with Gasteiger partial charge in [-0.1, -0.05) is 42.5 Å². The van der Waals surface area contributed by atoms with Crippen molar-refractivity contribution in [2.45, 2.75) is 19.1 Å². The third kappa shape index (κ3) is 3.57. The predicted octanol–water partition coefficient (Wildman–Crippen LogP) is 4.01. The third-order valence-corrected chi connectivity index (χ3v) is 5.37. The highest BCUT2D eigenvalue weighted by molar-refractivity contribution is 5.80. The molecule has 1 fully saturated rings. The number of pyridine rings is 1. The lowest BCUT2D eigenvalue weighted by Gasteiger charge is -2.39. The second-order valence-electron chi connectivity index (χ2n) is 7.52. The van der Waals surface area contributed by atoms with Gasteiger partial charge in [0, 0.05) is 23.3 Å². The van der Waals surface area contributed by atoms with Gasteiger partial charge in [0.2, 0.25) is 5.88 Å². The number of aliphatic hydroxyl groups is 1. The molecule has 3 heterocycles. The molecule has 5 rings (SSSR count). The van der Waals surface area contributed by atoms with Crippen molar-refractivity contribution in [3.05, 3.63) is 78.6 Å². The number of benzene rings is 2. The smallest absolute Gasteiger partial charge is 0.240 e. The normalized spacial score (nSPS) is 15.1. The van der Waals surface area contributed by atoms with Crippen LogP contribution in [0, 0.1) is 0 Å². The summed E-state index contributed by atoms with van der Waals surface area (Å²) < 4.78 is 6.16. The maximum absolute atomic E-state index is 9.71. The summed E-state index contributed by atoms with van der Waals surface area (Å²) in [4.78, 5) is 15.8. The summed E-state index contributed by atoms with van der Waals surface area (Å²) in [6.07, 6.45) is 2.84. The van der Waals surface area contributed by atoms with E-state index >= 15 is 0 Å². The molecule has 4 aromatic rings. The number of aromatic nitrogens is 3. The molecule has 1 aliphatic heterocycles. The van der Waals surface area contributed by atoms with Crippen LogP contribution >= 0.6 is 0 Å². The standard InChI is InChI=1S/C24H22N4O2/c1-16(29)17-6-8-19(9-7-17)23-24(26-13-12-25-23)30-20-14-28(15-20)22-11-10-18-4-2-3-5-21(18)27-22/h2-13,16,20,29H,14-15H2,1H3. The van der Waals surface area contributed by atoms with Crippen molar-refractivity contribution < 1.29 is 9.84 Å². The van der Waals surface area contributed by atoms with Gasteiger partial charge in [0.1, 0.15) is 17.6 Å². The summed E-state index contributed by atoms with van der Waals surface area (Å²) in [5, 5.41) is 10.9. The average Bonchev–Trinajstić information content (AvgIpc) is 2.76. The molecule has 0 spiro atoms. The molecule has 6 nitrogen and oxygen atoms in total. The van der Waals surface area contributed by atoms with Gasteiger partial charge in [0.25, 0.3) is 0 Å². The number of ether oxygens (including phenoxy) is 1. The van der Waals surface area contributed by atoms with Crippen LogP contribution in [0.1, 0.15) is 18.6 Å². The molecule has 0 aliphatic carbocycles. The highest BCUT2D eigenvalue weighted by atomic mass is 16.5. The van der Waals surface area contributed by atoms with Gasteiger partial charge < -0.3 is 14.7 Å². The predicted molar refractivity (Wildman–Crippen MR) is 116 cm³/mol. The van der Waals surface area contributed by atoms with E-state index in [9.17, 15) is 5.11 Å². The first-order valence-corrected chi connectivity index (χ1v) is 10.0. The SMILES string of the molecule is CC(O)c1ccc(-c2nccnc2OC2CN(c3ccc4ccccc4n3)C2)cc1. The molecular formula is C24H22N4O2. The van der Waals surface area contributed by atoms with E-state index in [-0.39, 0.29) is 6.10 Å². The van der Waals surface area contributed by atoms with Crippen molar-refractivity contribution in [3.8, 4) is 17.1 Å². The van der Waals surface area contributed by atoms with Crippen molar-refractivity contribution in [2.24, 2.45) is 0 Å². The minimum atomic E-state index is -0.499. The first kappa shape index (κ1) is 18.5. The summed E-state index contributed by atoms with van der Waals surface area (Å²) in [6.45, 7) is 3.25. The topological polar surface area (TPSA) is 71.4 Å². The van der Waals surface area contributed by atoms with Gasteiger partial charge in [-0.25, -0.2) is 15.0 Å². The van der Waals surface area contributed by atoms with Crippen molar-refractivity contribution in [2.75, 3.05) is 18.0 Å². The quantitative estimate of drug-likeness (QED) is 0.548. The molecule has 0 saturated carbocycles. The van der Waals surface area contributed by atoms with Crippen LogP contribution in [0.25, 0.3) is 22.2 Å². The maximum Gasteiger partial charge on any atom is 0.240 e. The van der Waals surface area contributed by atoms with E-state index in [1.165, 1.54) is 0 Å². The number of aliphatic hydroxyl groups excluding tert-OH is 1. The highest BCUT2D eigenvalue weighted by Gasteiger charge is 2.31. The number of hydrogen-bond acceptors (Lipinski definition) is 6. The highest BCUT2D eigenvalue weighted by Crippen LogP contribution is 2.30. The molecule has 0 radical (unpaired) electrons. The first-order chi connectivity index (χ1) is 14.7. The Labute approximate surface area is 174 Å². The number of hydrogen-bond donors (Lipinski definition) is 1. The van der Waals surface area contributed by atoms with Gasteiger partial charge in [0.05, 0.1) is 24.7 Å². The van der Waals surface area contributed by atoms with Gasteiger partial charge in [-0.2, -0.15) is 0 Å². The van der Waals surface area contributed by atoms with Gasteiger partial charge in [-0.15, -0.1) is 0 Å². The summed E-state index contributed by atoms with van der Waals surface area (Å²) in [6, 6.07) is 19.9. The van der Waals surface area contributed by atoms with Crippen molar-refractivity contribution >= 4 is 16.7 Å². The van der Waals surface area contributed by atoms with E-state index in [0.717, 1.165) is 40.9 Å². The van der Waals surface area contributed by atoms with Crippen molar-refractivity contribution in [1.82, 2.24) is 15.0 Å². The zero-order valence-corrected chi connectivity index (χ0v) is 16.6. The maximum atomic E-state index is 9.71. The van der Waals surface area contributed by atoms with Gasteiger partial charge in [-0.3, -0.25) is 0 Å². The fourth-order valence-corrected chi connectivity index (χ4v) is 3.62. The fraction of sp³-hybridized carbons (Fsp3) is 0.208. The van der Waals surface area contributed by atoms with Crippen molar-refractivity contribution in [3.63, 3.8) is 0 Å². The fourth-order valence-electron chi connectivity index (χ4n) is 3.62. The van der Waals surface area contributed by atoms with E-state index < -0.39 is 6.10 Å². The van der Waals surface area contributed by atoms with Gasteiger partial charge in [0.15, 0.2) is 0 Å². The minimum absolute atomic E-state index is 0.0328. The Hall–Kier alpha value is -3.51. The monoisotopic (exact) mass is 398 g/mol. The van der Waals surface area contributed by atoms with Gasteiger partial charge in [-0.05, 0) is 30.7 Å². The zero-order valence-electron chi connectivity index (χ0n) is 16.6. The van der Waals surface area contributed by atoms with E-state index in [2.05, 4.69) is 33.1 Å². The lowest BCUT2D eigenvalue weighted by Crippen LogP contribution is -2.54. The van der Waals surface area contributed by atoms with Gasteiger partial charge >= 0.3 is 0 Å². The lowest BCUT2D eigenvalue weighted by molar-refractivity contribution is 0.160. The second kappa shape index (κ2) is 7.72. The molecule has 1 N–H and O–H groups in total. The van der Waals surface area contributed by atoms with Crippen molar-refractivity contribution in [1.29, 1.82) is 0 Å². The van der Waals surface area contributed by atoms with Crippen LogP contribution in [0.4, 0.5) is 5.82 Å². The van der Waals surface area contributed by atoms with E-state index in [0.29, 0.717) is 11.6 Å². The minimum Gasteiger partial charge on any atom is -0.469 e. The third-order valence-electron chi connectivity index (χ3n) is 5.37. The number of nitrogens with zero attached hydrogens (tertiary/aromatic N) is 4. The molecule has 0 amide bonds. The molecular weight excluding hydrogens is 376 g/mol. The van der Waals surface area contributed by atoms with Crippen LogP contribution in [0.2, 0.25) is 0 Å². The molecule has 1 saturated heterocycles. The van der Waals surface area contributed by atoms with Crippen LogP contribution in [-0.4, -0.2) is 39.3 Å². The Balaban J connectivity index is 1.29. The molecule has 1 aliphatic rings. The van der Waals surface area contributed by atoms with E-state index in [4.69, 9.17) is 9.72 Å². The van der Waals surface area contributed by atoms with Crippen LogP contribution in [-0.2, 0) is 0 Å². The largest absolute Gasteiger partial charge is 0.469 e. The summed E-state index contributed by atoms with van der Waals surface area (Å²) in [5.74, 6) is 1.49. The Kier molecular flexibility index (Phi) is 4.77. The molecule has 0 bridgehead atoms. The lowest BCUT2D eigenvalue weighted by atomic mass is 10.1. The number of anilines is 1. The summed E-state index contributed by atoms with van der Waals surface area (Å²) in [5.41, 5.74) is 3.48. The van der Waals surface area contributed by atoms with Crippen LogP contribution in [0.15, 0.2) is 73.1 Å². The van der Waals surface area contributed by atoms with E-state index in [1.807, 2.05) is 42.5 Å². The summed E-state index contributed by atoms with van der Waals surface area (Å²) in [7, 11) is 0. The second-order valence-corrected chi connectivity index (χ2v) is 7.52. The molecule has 1 unspecified atom stereocenters. The number of rotatable bonds is 5. The Morgan fingerprint density at radius 3 is 2.53 bits per heavy atom. The molecule has 150 valence electrons. The Morgan fingerprint density at radius 2 is 1.73 bits per heavy atom.